The second-order valence-corrected chi connectivity index (χ2v) is 7.78. The quantitative estimate of drug-likeness (QED) is 0.678. The van der Waals surface area contributed by atoms with Crippen molar-refractivity contribution in [2.75, 3.05) is 7.05 Å². The summed E-state index contributed by atoms with van der Waals surface area (Å²) in [6.07, 6.45) is 0. The van der Waals surface area contributed by atoms with E-state index in [4.69, 9.17) is 0 Å². The van der Waals surface area contributed by atoms with Crippen LogP contribution in [0.3, 0.4) is 0 Å². The van der Waals surface area contributed by atoms with Crippen LogP contribution in [-0.2, 0) is 6.54 Å². The molecule has 0 aliphatic heterocycles. The number of amides is 2. The molecule has 0 saturated heterocycles. The van der Waals surface area contributed by atoms with Crippen LogP contribution in [0, 0.1) is 13.8 Å². The summed E-state index contributed by atoms with van der Waals surface area (Å²) in [6, 6.07) is 16.9. The smallest absolute Gasteiger partial charge is 0.253 e. The molecule has 3 rings (SSSR count). The molecule has 6 heteroatoms. The first-order valence-corrected chi connectivity index (χ1v) is 10.0. The molecular weight excluding hydrogens is 376 g/mol. The third-order valence-electron chi connectivity index (χ3n) is 5.13. The Morgan fingerprint density at radius 3 is 2.13 bits per heavy atom. The van der Waals surface area contributed by atoms with E-state index in [1.54, 1.807) is 36.2 Å². The van der Waals surface area contributed by atoms with E-state index in [9.17, 15) is 9.59 Å². The van der Waals surface area contributed by atoms with Crippen molar-refractivity contribution in [2.24, 2.45) is 0 Å². The normalized spacial score (nSPS) is 10.9. The fraction of sp³-hybridized carbons (Fsp3) is 0.292. The molecular formula is C24H28N4O2. The van der Waals surface area contributed by atoms with Gasteiger partial charge in [0, 0.05) is 36.5 Å². The molecule has 3 aromatic rings. The number of rotatable bonds is 6. The van der Waals surface area contributed by atoms with Gasteiger partial charge in [-0.05, 0) is 75.7 Å². The molecule has 0 radical (unpaired) electrons. The van der Waals surface area contributed by atoms with Gasteiger partial charge in [-0.2, -0.15) is 5.10 Å². The van der Waals surface area contributed by atoms with Crippen molar-refractivity contribution >= 4 is 11.8 Å². The Morgan fingerprint density at radius 1 is 1.00 bits per heavy atom. The van der Waals surface area contributed by atoms with Gasteiger partial charge in [0.05, 0.1) is 11.4 Å². The number of carbonyl (C=O) groups excluding carboxylic acids is 2. The molecule has 0 saturated carbocycles. The SMILES string of the molecule is Cc1cc(C)n(-c2ccc(C(=O)NCc3ccc(C(=O)N(C)C(C)C)cc3)cc2)n1. The minimum Gasteiger partial charge on any atom is -0.348 e. The molecule has 6 nitrogen and oxygen atoms in total. The lowest BCUT2D eigenvalue weighted by molar-refractivity contribution is 0.0754. The van der Waals surface area contributed by atoms with Gasteiger partial charge in [-0.1, -0.05) is 12.1 Å². The highest BCUT2D eigenvalue weighted by Crippen LogP contribution is 2.14. The molecule has 0 aliphatic carbocycles. The molecule has 0 unspecified atom stereocenters. The fourth-order valence-electron chi connectivity index (χ4n) is 3.13. The number of benzene rings is 2. The van der Waals surface area contributed by atoms with Crippen LogP contribution in [0.25, 0.3) is 5.69 Å². The minimum absolute atomic E-state index is 0.0108. The second-order valence-electron chi connectivity index (χ2n) is 7.78. The van der Waals surface area contributed by atoms with Gasteiger partial charge >= 0.3 is 0 Å². The predicted molar refractivity (Wildman–Crippen MR) is 118 cm³/mol. The van der Waals surface area contributed by atoms with Crippen LogP contribution in [0.2, 0.25) is 0 Å². The summed E-state index contributed by atoms with van der Waals surface area (Å²) in [5.74, 6) is -0.155. The van der Waals surface area contributed by atoms with Crippen molar-refractivity contribution in [1.29, 1.82) is 0 Å². The molecule has 2 amide bonds. The summed E-state index contributed by atoms with van der Waals surface area (Å²) >= 11 is 0. The van der Waals surface area contributed by atoms with Crippen LogP contribution in [0.15, 0.2) is 54.6 Å². The molecule has 2 aromatic carbocycles. The zero-order valence-electron chi connectivity index (χ0n) is 18.1. The van der Waals surface area contributed by atoms with Crippen molar-refractivity contribution in [3.8, 4) is 5.69 Å². The van der Waals surface area contributed by atoms with Gasteiger partial charge in [-0.15, -0.1) is 0 Å². The summed E-state index contributed by atoms with van der Waals surface area (Å²) in [6.45, 7) is 8.31. The van der Waals surface area contributed by atoms with Crippen molar-refractivity contribution in [2.45, 2.75) is 40.3 Å². The van der Waals surface area contributed by atoms with Gasteiger partial charge in [-0.3, -0.25) is 9.59 Å². The monoisotopic (exact) mass is 404 g/mol. The van der Waals surface area contributed by atoms with E-state index >= 15 is 0 Å². The maximum absolute atomic E-state index is 12.5. The number of nitrogens with zero attached hydrogens (tertiary/aromatic N) is 3. The molecule has 0 atom stereocenters. The molecule has 0 spiro atoms. The van der Waals surface area contributed by atoms with Gasteiger partial charge in [0.15, 0.2) is 0 Å². The van der Waals surface area contributed by atoms with Crippen LogP contribution in [0.1, 0.15) is 51.5 Å². The topological polar surface area (TPSA) is 67.2 Å². The van der Waals surface area contributed by atoms with Crippen molar-refractivity contribution in [3.05, 3.63) is 82.7 Å². The lowest BCUT2D eigenvalue weighted by Crippen LogP contribution is -2.32. The number of hydrogen-bond donors (Lipinski definition) is 1. The minimum atomic E-state index is -0.144. The number of carbonyl (C=O) groups is 2. The van der Waals surface area contributed by atoms with Crippen LogP contribution < -0.4 is 5.32 Å². The lowest BCUT2D eigenvalue weighted by Gasteiger charge is -2.21. The van der Waals surface area contributed by atoms with E-state index in [1.807, 2.05) is 62.7 Å². The molecule has 0 fully saturated rings. The zero-order valence-corrected chi connectivity index (χ0v) is 18.1. The zero-order chi connectivity index (χ0) is 21.8. The van der Waals surface area contributed by atoms with Gasteiger partial charge in [0.1, 0.15) is 0 Å². The number of hydrogen-bond acceptors (Lipinski definition) is 3. The second kappa shape index (κ2) is 8.95. The van der Waals surface area contributed by atoms with E-state index < -0.39 is 0 Å². The summed E-state index contributed by atoms with van der Waals surface area (Å²) in [5.41, 5.74) is 5.09. The average Bonchev–Trinajstić information content (AvgIpc) is 3.09. The first kappa shape index (κ1) is 21.3. The van der Waals surface area contributed by atoms with E-state index in [1.165, 1.54) is 0 Å². The van der Waals surface area contributed by atoms with Gasteiger partial charge in [0.25, 0.3) is 11.8 Å². The number of aromatic nitrogens is 2. The Balaban J connectivity index is 1.60. The Hall–Kier alpha value is -3.41. The van der Waals surface area contributed by atoms with E-state index in [-0.39, 0.29) is 17.9 Å². The van der Waals surface area contributed by atoms with Gasteiger partial charge < -0.3 is 10.2 Å². The highest BCUT2D eigenvalue weighted by atomic mass is 16.2. The van der Waals surface area contributed by atoms with Gasteiger partial charge in [-0.25, -0.2) is 4.68 Å². The van der Waals surface area contributed by atoms with Crippen LogP contribution in [0.5, 0.6) is 0 Å². The molecule has 1 heterocycles. The molecule has 1 N–H and O–H groups in total. The summed E-state index contributed by atoms with van der Waals surface area (Å²) in [7, 11) is 1.79. The van der Waals surface area contributed by atoms with Crippen LogP contribution in [0.4, 0.5) is 0 Å². The summed E-state index contributed by atoms with van der Waals surface area (Å²) in [5, 5.41) is 7.38. The summed E-state index contributed by atoms with van der Waals surface area (Å²) < 4.78 is 1.86. The molecule has 30 heavy (non-hydrogen) atoms. The van der Waals surface area contributed by atoms with Crippen LogP contribution in [-0.4, -0.2) is 39.6 Å². The highest BCUT2D eigenvalue weighted by Gasteiger charge is 2.14. The summed E-state index contributed by atoms with van der Waals surface area (Å²) in [4.78, 5) is 26.5. The third kappa shape index (κ3) is 4.76. The first-order valence-electron chi connectivity index (χ1n) is 10.0. The number of nitrogens with one attached hydrogen (secondary N) is 1. The standard InChI is InChI=1S/C24H28N4O2/c1-16(2)27(5)24(30)21-8-6-19(7-9-21)15-25-23(29)20-10-12-22(13-11-20)28-18(4)14-17(3)26-28/h6-14,16H,15H2,1-5H3,(H,25,29). The first-order chi connectivity index (χ1) is 14.3. The molecule has 1 aromatic heterocycles. The van der Waals surface area contributed by atoms with Crippen molar-refractivity contribution in [1.82, 2.24) is 20.0 Å². The fourth-order valence-corrected chi connectivity index (χ4v) is 3.13. The maximum Gasteiger partial charge on any atom is 0.253 e. The Bertz CT molecular complexity index is 1030. The molecule has 156 valence electrons. The lowest BCUT2D eigenvalue weighted by atomic mass is 10.1. The highest BCUT2D eigenvalue weighted by molar-refractivity contribution is 5.95. The Labute approximate surface area is 177 Å². The largest absolute Gasteiger partial charge is 0.348 e. The van der Waals surface area contributed by atoms with E-state index in [0.29, 0.717) is 17.7 Å². The predicted octanol–water partition coefficient (Wildman–Crippen LogP) is 3.90. The van der Waals surface area contributed by atoms with Crippen molar-refractivity contribution in [3.63, 3.8) is 0 Å². The van der Waals surface area contributed by atoms with Crippen LogP contribution >= 0.6 is 0 Å². The number of aryl methyl sites for hydroxylation is 2. The van der Waals surface area contributed by atoms with E-state index in [0.717, 1.165) is 22.6 Å². The Morgan fingerprint density at radius 2 is 1.60 bits per heavy atom. The average molecular weight is 405 g/mol. The molecule has 0 aliphatic rings. The van der Waals surface area contributed by atoms with Gasteiger partial charge in [0.2, 0.25) is 0 Å². The Kier molecular flexibility index (Phi) is 6.35. The maximum atomic E-state index is 12.5. The van der Waals surface area contributed by atoms with Crippen molar-refractivity contribution < 1.29 is 9.59 Å². The third-order valence-corrected chi connectivity index (χ3v) is 5.13. The van der Waals surface area contributed by atoms with E-state index in [2.05, 4.69) is 10.4 Å². The molecule has 0 bridgehead atoms.